The molecule has 1 unspecified atom stereocenters. The number of carbonyl (C=O) groups excluding carboxylic acids is 1. The first-order valence-electron chi connectivity index (χ1n) is 6.02. The van der Waals surface area contributed by atoms with Gasteiger partial charge in [0, 0.05) is 6.42 Å². The van der Waals surface area contributed by atoms with Gasteiger partial charge in [-0.2, -0.15) is 5.26 Å². The molecule has 0 saturated carbocycles. The van der Waals surface area contributed by atoms with Gasteiger partial charge in [0.1, 0.15) is 6.04 Å². The molecule has 0 heterocycles. The van der Waals surface area contributed by atoms with E-state index >= 15 is 0 Å². The molecule has 1 atom stereocenters. The van der Waals surface area contributed by atoms with Gasteiger partial charge in [0.2, 0.25) is 5.91 Å². The number of rotatable bonds is 6. The molecule has 17 heavy (non-hydrogen) atoms. The summed E-state index contributed by atoms with van der Waals surface area (Å²) in [7, 11) is 0. The summed E-state index contributed by atoms with van der Waals surface area (Å²) in [6.45, 7) is 2.10. The molecule has 1 amide bonds. The van der Waals surface area contributed by atoms with Crippen LogP contribution in [0.3, 0.4) is 0 Å². The van der Waals surface area contributed by atoms with E-state index in [1.807, 2.05) is 30.3 Å². The highest BCUT2D eigenvalue weighted by atomic mass is 16.1. The minimum Gasteiger partial charge on any atom is -0.337 e. The van der Waals surface area contributed by atoms with Crippen LogP contribution in [0.25, 0.3) is 0 Å². The van der Waals surface area contributed by atoms with Crippen molar-refractivity contribution in [1.82, 2.24) is 5.32 Å². The average molecular weight is 230 g/mol. The van der Waals surface area contributed by atoms with Crippen LogP contribution in [-0.2, 0) is 4.79 Å². The van der Waals surface area contributed by atoms with Crippen LogP contribution in [0.5, 0.6) is 0 Å². The quantitative estimate of drug-likeness (QED) is 0.764. The molecule has 0 spiro atoms. The highest BCUT2D eigenvalue weighted by Crippen LogP contribution is 2.11. The number of amides is 1. The van der Waals surface area contributed by atoms with Crippen LogP contribution < -0.4 is 5.32 Å². The Morgan fingerprint density at radius 1 is 1.35 bits per heavy atom. The molecule has 0 aliphatic carbocycles. The van der Waals surface area contributed by atoms with Crippen molar-refractivity contribution in [3.63, 3.8) is 0 Å². The fourth-order valence-electron chi connectivity index (χ4n) is 1.60. The van der Waals surface area contributed by atoms with Gasteiger partial charge in [0.15, 0.2) is 0 Å². The summed E-state index contributed by atoms with van der Waals surface area (Å²) in [4.78, 5) is 11.6. The second-order valence-corrected chi connectivity index (χ2v) is 4.00. The van der Waals surface area contributed by atoms with Gasteiger partial charge < -0.3 is 5.32 Å². The Kier molecular flexibility index (Phi) is 5.81. The van der Waals surface area contributed by atoms with Gasteiger partial charge in [-0.05, 0) is 12.0 Å². The van der Waals surface area contributed by atoms with Gasteiger partial charge >= 0.3 is 0 Å². The number of unbranched alkanes of at least 4 members (excludes halogenated alkanes) is 2. The van der Waals surface area contributed by atoms with Crippen molar-refractivity contribution in [3.05, 3.63) is 35.9 Å². The molecular formula is C14H18N2O. The average Bonchev–Trinajstić information content (AvgIpc) is 2.37. The number of nitrogens with zero attached hydrogens (tertiary/aromatic N) is 1. The molecule has 3 heteroatoms. The maximum atomic E-state index is 11.6. The second kappa shape index (κ2) is 7.45. The Hall–Kier alpha value is -1.82. The third-order valence-electron chi connectivity index (χ3n) is 2.57. The van der Waals surface area contributed by atoms with Crippen LogP contribution in [-0.4, -0.2) is 5.91 Å². The number of nitrogens with one attached hydrogen (secondary N) is 1. The smallest absolute Gasteiger partial charge is 0.221 e. The number of hydrogen-bond acceptors (Lipinski definition) is 2. The topological polar surface area (TPSA) is 52.9 Å². The van der Waals surface area contributed by atoms with E-state index in [4.69, 9.17) is 5.26 Å². The van der Waals surface area contributed by atoms with E-state index in [1.165, 1.54) is 0 Å². The van der Waals surface area contributed by atoms with Crippen LogP contribution in [0.4, 0.5) is 0 Å². The highest BCUT2D eigenvalue weighted by Gasteiger charge is 2.12. The Morgan fingerprint density at radius 3 is 2.65 bits per heavy atom. The van der Waals surface area contributed by atoms with E-state index in [0.29, 0.717) is 6.42 Å². The van der Waals surface area contributed by atoms with Crippen molar-refractivity contribution in [2.75, 3.05) is 0 Å². The van der Waals surface area contributed by atoms with Crippen molar-refractivity contribution in [1.29, 1.82) is 5.26 Å². The van der Waals surface area contributed by atoms with Gasteiger partial charge in [-0.25, -0.2) is 0 Å². The maximum Gasteiger partial charge on any atom is 0.221 e. The van der Waals surface area contributed by atoms with Crippen LogP contribution in [0.1, 0.15) is 44.2 Å². The van der Waals surface area contributed by atoms with E-state index in [0.717, 1.165) is 24.8 Å². The van der Waals surface area contributed by atoms with Gasteiger partial charge in [0.25, 0.3) is 0 Å². The van der Waals surface area contributed by atoms with E-state index < -0.39 is 6.04 Å². The summed E-state index contributed by atoms with van der Waals surface area (Å²) in [5.41, 5.74) is 0.832. The molecule has 1 aromatic carbocycles. The minimum absolute atomic E-state index is 0.0474. The molecule has 0 fully saturated rings. The van der Waals surface area contributed by atoms with Gasteiger partial charge in [-0.15, -0.1) is 0 Å². The summed E-state index contributed by atoms with van der Waals surface area (Å²) in [6, 6.07) is 10.9. The first-order chi connectivity index (χ1) is 8.27. The zero-order chi connectivity index (χ0) is 12.5. The first kappa shape index (κ1) is 13.2. The van der Waals surface area contributed by atoms with Crippen molar-refractivity contribution in [2.24, 2.45) is 0 Å². The maximum absolute atomic E-state index is 11.6. The van der Waals surface area contributed by atoms with E-state index in [2.05, 4.69) is 18.3 Å². The molecule has 0 saturated heterocycles. The lowest BCUT2D eigenvalue weighted by atomic mass is 10.1. The SMILES string of the molecule is CCCCCC(=O)NC(C#N)c1ccccc1. The lowest BCUT2D eigenvalue weighted by molar-refractivity contribution is -0.121. The molecular weight excluding hydrogens is 212 g/mol. The minimum atomic E-state index is -0.537. The molecule has 3 nitrogen and oxygen atoms in total. The van der Waals surface area contributed by atoms with Crippen LogP contribution in [0.15, 0.2) is 30.3 Å². The van der Waals surface area contributed by atoms with Crippen LogP contribution >= 0.6 is 0 Å². The van der Waals surface area contributed by atoms with Crippen molar-refractivity contribution in [3.8, 4) is 6.07 Å². The van der Waals surface area contributed by atoms with Gasteiger partial charge in [-0.3, -0.25) is 4.79 Å². The summed E-state index contributed by atoms with van der Waals surface area (Å²) in [5.74, 6) is -0.0474. The molecule has 90 valence electrons. The highest BCUT2D eigenvalue weighted by molar-refractivity contribution is 5.76. The van der Waals surface area contributed by atoms with Gasteiger partial charge in [0.05, 0.1) is 6.07 Å². The van der Waals surface area contributed by atoms with E-state index in [1.54, 1.807) is 0 Å². The second-order valence-electron chi connectivity index (χ2n) is 4.00. The lowest BCUT2D eigenvalue weighted by Gasteiger charge is -2.11. The molecule has 1 N–H and O–H groups in total. The Bertz CT molecular complexity index is 381. The summed E-state index contributed by atoms with van der Waals surface area (Å²) in [6.07, 6.45) is 3.53. The van der Waals surface area contributed by atoms with Gasteiger partial charge in [-0.1, -0.05) is 50.1 Å². The van der Waals surface area contributed by atoms with Crippen molar-refractivity contribution in [2.45, 2.75) is 38.6 Å². The van der Waals surface area contributed by atoms with E-state index in [9.17, 15) is 4.79 Å². The summed E-state index contributed by atoms with van der Waals surface area (Å²) >= 11 is 0. The molecule has 0 aliphatic rings. The Morgan fingerprint density at radius 2 is 2.06 bits per heavy atom. The number of benzene rings is 1. The molecule has 0 radical (unpaired) electrons. The van der Waals surface area contributed by atoms with Crippen molar-refractivity contribution >= 4 is 5.91 Å². The Balaban J connectivity index is 2.48. The third kappa shape index (κ3) is 4.69. The number of hydrogen-bond donors (Lipinski definition) is 1. The normalized spacial score (nSPS) is 11.5. The third-order valence-corrected chi connectivity index (χ3v) is 2.57. The lowest BCUT2D eigenvalue weighted by Crippen LogP contribution is -2.27. The monoisotopic (exact) mass is 230 g/mol. The summed E-state index contributed by atoms with van der Waals surface area (Å²) in [5, 5.41) is 11.8. The Labute approximate surface area is 102 Å². The molecule has 0 bridgehead atoms. The molecule has 0 aliphatic heterocycles. The van der Waals surface area contributed by atoms with Crippen LogP contribution in [0, 0.1) is 11.3 Å². The zero-order valence-electron chi connectivity index (χ0n) is 10.1. The zero-order valence-corrected chi connectivity index (χ0v) is 10.1. The number of nitriles is 1. The predicted octanol–water partition coefficient (Wildman–Crippen LogP) is 2.95. The largest absolute Gasteiger partial charge is 0.337 e. The predicted molar refractivity (Wildman–Crippen MR) is 67.1 cm³/mol. The standard InChI is InChI=1S/C14H18N2O/c1-2-3-5-10-14(17)16-13(11-15)12-8-6-4-7-9-12/h4,6-9,13H,2-3,5,10H2,1H3,(H,16,17). The van der Waals surface area contributed by atoms with Crippen LogP contribution in [0.2, 0.25) is 0 Å². The fourth-order valence-corrected chi connectivity index (χ4v) is 1.60. The van der Waals surface area contributed by atoms with Crippen molar-refractivity contribution < 1.29 is 4.79 Å². The van der Waals surface area contributed by atoms with E-state index in [-0.39, 0.29) is 5.91 Å². The first-order valence-corrected chi connectivity index (χ1v) is 6.02. The number of carbonyl (C=O) groups is 1. The fraction of sp³-hybridized carbons (Fsp3) is 0.429. The molecule has 1 aromatic rings. The molecule has 0 aromatic heterocycles. The summed E-state index contributed by atoms with van der Waals surface area (Å²) < 4.78 is 0. The molecule has 1 rings (SSSR count).